The fraction of sp³-hybridized carbons (Fsp3) is 0.353. The molecule has 0 unspecified atom stereocenters. The zero-order valence-corrected chi connectivity index (χ0v) is 12.6. The average molecular weight is 303 g/mol. The summed E-state index contributed by atoms with van der Waals surface area (Å²) >= 11 is 5.91. The quantitative estimate of drug-likeness (QED) is 0.946. The van der Waals surface area contributed by atoms with Crippen LogP contribution in [-0.4, -0.2) is 28.1 Å². The van der Waals surface area contributed by atoms with Gasteiger partial charge >= 0.3 is 0 Å². The van der Waals surface area contributed by atoms with Gasteiger partial charge in [0.25, 0.3) is 0 Å². The SMILES string of the molecule is OC1(c2ccc(Cl)cc2)CCN(Cc2cccnc2)CC1. The van der Waals surface area contributed by atoms with E-state index in [-0.39, 0.29) is 0 Å². The van der Waals surface area contributed by atoms with E-state index in [0.29, 0.717) is 5.02 Å². The van der Waals surface area contributed by atoms with Gasteiger partial charge in [-0.3, -0.25) is 9.88 Å². The molecule has 21 heavy (non-hydrogen) atoms. The highest BCUT2D eigenvalue weighted by atomic mass is 35.5. The van der Waals surface area contributed by atoms with Crippen LogP contribution >= 0.6 is 11.6 Å². The van der Waals surface area contributed by atoms with Gasteiger partial charge in [0, 0.05) is 37.1 Å². The Hall–Kier alpha value is -1.42. The van der Waals surface area contributed by atoms with Gasteiger partial charge in [-0.2, -0.15) is 0 Å². The normalized spacial score (nSPS) is 18.6. The summed E-state index contributed by atoms with van der Waals surface area (Å²) in [5.74, 6) is 0. The summed E-state index contributed by atoms with van der Waals surface area (Å²) < 4.78 is 0. The molecule has 2 heterocycles. The van der Waals surface area contributed by atoms with Crippen LogP contribution in [0, 0.1) is 0 Å². The molecule has 0 radical (unpaired) electrons. The van der Waals surface area contributed by atoms with Crippen molar-refractivity contribution in [1.82, 2.24) is 9.88 Å². The first-order valence-corrected chi connectivity index (χ1v) is 7.63. The van der Waals surface area contributed by atoms with Gasteiger partial charge in [-0.1, -0.05) is 29.8 Å². The number of likely N-dealkylation sites (tertiary alicyclic amines) is 1. The van der Waals surface area contributed by atoms with Crippen molar-refractivity contribution in [3.8, 4) is 0 Å². The number of piperidine rings is 1. The van der Waals surface area contributed by atoms with Crippen LogP contribution in [0.3, 0.4) is 0 Å². The van der Waals surface area contributed by atoms with Crippen LogP contribution in [-0.2, 0) is 12.1 Å². The molecule has 1 N–H and O–H groups in total. The van der Waals surface area contributed by atoms with Gasteiger partial charge < -0.3 is 5.11 Å². The molecule has 0 amide bonds. The summed E-state index contributed by atoms with van der Waals surface area (Å²) in [4.78, 5) is 6.51. The van der Waals surface area contributed by atoms with Crippen LogP contribution in [0.5, 0.6) is 0 Å². The van der Waals surface area contributed by atoms with E-state index in [4.69, 9.17) is 11.6 Å². The molecule has 0 spiro atoms. The Morgan fingerprint density at radius 3 is 2.48 bits per heavy atom. The maximum Gasteiger partial charge on any atom is 0.0920 e. The van der Waals surface area contributed by atoms with Gasteiger partial charge in [-0.05, 0) is 42.2 Å². The maximum absolute atomic E-state index is 10.8. The predicted molar refractivity (Wildman–Crippen MR) is 84.1 cm³/mol. The van der Waals surface area contributed by atoms with Gasteiger partial charge in [0.2, 0.25) is 0 Å². The maximum atomic E-state index is 10.8. The number of hydrogen-bond acceptors (Lipinski definition) is 3. The lowest BCUT2D eigenvalue weighted by Crippen LogP contribution is -2.42. The summed E-state index contributed by atoms with van der Waals surface area (Å²) in [6.45, 7) is 2.66. The summed E-state index contributed by atoms with van der Waals surface area (Å²) in [6, 6.07) is 11.6. The van der Waals surface area contributed by atoms with E-state index in [0.717, 1.165) is 38.0 Å². The van der Waals surface area contributed by atoms with E-state index >= 15 is 0 Å². The number of hydrogen-bond donors (Lipinski definition) is 1. The Morgan fingerprint density at radius 2 is 1.86 bits per heavy atom. The molecule has 0 atom stereocenters. The first-order chi connectivity index (χ1) is 10.2. The molecule has 1 aromatic heterocycles. The number of nitrogens with zero attached hydrogens (tertiary/aromatic N) is 2. The minimum absolute atomic E-state index is 0.705. The Morgan fingerprint density at radius 1 is 1.14 bits per heavy atom. The third kappa shape index (κ3) is 3.43. The topological polar surface area (TPSA) is 36.4 Å². The molecule has 1 fully saturated rings. The number of aromatic nitrogens is 1. The van der Waals surface area contributed by atoms with E-state index in [1.807, 2.05) is 36.5 Å². The third-order valence-electron chi connectivity index (χ3n) is 4.19. The van der Waals surface area contributed by atoms with E-state index < -0.39 is 5.60 Å². The Bertz CT molecular complexity index is 577. The highest BCUT2D eigenvalue weighted by Crippen LogP contribution is 2.33. The van der Waals surface area contributed by atoms with Crippen molar-refractivity contribution in [1.29, 1.82) is 0 Å². The molecule has 2 aromatic rings. The van der Waals surface area contributed by atoms with Crippen LogP contribution in [0.1, 0.15) is 24.0 Å². The highest BCUT2D eigenvalue weighted by molar-refractivity contribution is 6.30. The molecule has 110 valence electrons. The molecule has 1 aliphatic heterocycles. The molecular weight excluding hydrogens is 284 g/mol. The smallest absolute Gasteiger partial charge is 0.0920 e. The Balaban J connectivity index is 1.63. The van der Waals surface area contributed by atoms with E-state index in [1.165, 1.54) is 5.56 Å². The molecule has 1 aliphatic rings. The molecule has 4 heteroatoms. The Labute approximate surface area is 130 Å². The first-order valence-electron chi connectivity index (χ1n) is 7.25. The van der Waals surface area contributed by atoms with Gasteiger partial charge in [-0.25, -0.2) is 0 Å². The van der Waals surface area contributed by atoms with Crippen molar-refractivity contribution in [2.45, 2.75) is 25.0 Å². The fourth-order valence-corrected chi connectivity index (χ4v) is 3.01. The summed E-state index contributed by atoms with van der Waals surface area (Å²) in [6.07, 6.45) is 5.18. The van der Waals surface area contributed by atoms with Gasteiger partial charge in [0.1, 0.15) is 0 Å². The van der Waals surface area contributed by atoms with Gasteiger partial charge in [0.15, 0.2) is 0 Å². The molecule has 3 nitrogen and oxygen atoms in total. The lowest BCUT2D eigenvalue weighted by molar-refractivity contribution is -0.0277. The van der Waals surface area contributed by atoms with Crippen LogP contribution in [0.15, 0.2) is 48.8 Å². The number of rotatable bonds is 3. The summed E-state index contributed by atoms with van der Waals surface area (Å²) in [5, 5.41) is 11.5. The van der Waals surface area contributed by atoms with E-state index in [2.05, 4.69) is 16.0 Å². The average Bonchev–Trinajstić information content (AvgIpc) is 2.51. The lowest BCUT2D eigenvalue weighted by Gasteiger charge is -2.38. The fourth-order valence-electron chi connectivity index (χ4n) is 2.88. The van der Waals surface area contributed by atoms with E-state index in [9.17, 15) is 5.11 Å². The molecule has 0 bridgehead atoms. The van der Waals surface area contributed by atoms with Gasteiger partial charge in [0.05, 0.1) is 5.60 Å². The van der Waals surface area contributed by atoms with E-state index in [1.54, 1.807) is 6.20 Å². The molecular formula is C17H19ClN2O. The van der Waals surface area contributed by atoms with Crippen LogP contribution in [0.25, 0.3) is 0 Å². The standard InChI is InChI=1S/C17H19ClN2O/c18-16-5-3-15(4-6-16)17(21)7-10-20(11-8-17)13-14-2-1-9-19-12-14/h1-6,9,12,21H,7-8,10-11,13H2. The molecule has 1 saturated heterocycles. The zero-order chi connectivity index (χ0) is 14.7. The largest absolute Gasteiger partial charge is 0.385 e. The second-order valence-electron chi connectivity index (χ2n) is 5.68. The van der Waals surface area contributed by atoms with Crippen LogP contribution < -0.4 is 0 Å². The van der Waals surface area contributed by atoms with Crippen molar-refractivity contribution in [2.75, 3.05) is 13.1 Å². The van der Waals surface area contributed by atoms with Crippen LogP contribution in [0.4, 0.5) is 0 Å². The number of aliphatic hydroxyl groups is 1. The third-order valence-corrected chi connectivity index (χ3v) is 4.45. The van der Waals surface area contributed by atoms with Crippen molar-refractivity contribution >= 4 is 11.6 Å². The zero-order valence-electron chi connectivity index (χ0n) is 11.9. The highest BCUT2D eigenvalue weighted by Gasteiger charge is 2.33. The first kappa shape index (κ1) is 14.5. The minimum atomic E-state index is -0.726. The lowest BCUT2D eigenvalue weighted by atomic mass is 9.84. The molecule has 0 aliphatic carbocycles. The second kappa shape index (κ2) is 6.14. The molecule has 1 aromatic carbocycles. The summed E-state index contributed by atoms with van der Waals surface area (Å²) in [5.41, 5.74) is 1.46. The molecule has 0 saturated carbocycles. The Kier molecular flexibility index (Phi) is 4.24. The van der Waals surface area contributed by atoms with Crippen molar-refractivity contribution in [3.05, 3.63) is 64.9 Å². The summed E-state index contributed by atoms with van der Waals surface area (Å²) in [7, 11) is 0. The predicted octanol–water partition coefficient (Wildman–Crippen LogP) is 3.22. The number of pyridine rings is 1. The molecule has 3 rings (SSSR count). The number of benzene rings is 1. The van der Waals surface area contributed by atoms with Crippen molar-refractivity contribution in [3.63, 3.8) is 0 Å². The van der Waals surface area contributed by atoms with Crippen molar-refractivity contribution < 1.29 is 5.11 Å². The van der Waals surface area contributed by atoms with Crippen LogP contribution in [0.2, 0.25) is 5.02 Å². The second-order valence-corrected chi connectivity index (χ2v) is 6.11. The van der Waals surface area contributed by atoms with Crippen molar-refractivity contribution in [2.24, 2.45) is 0 Å². The van der Waals surface area contributed by atoms with Gasteiger partial charge in [-0.15, -0.1) is 0 Å². The number of halogens is 1. The minimum Gasteiger partial charge on any atom is -0.385 e. The monoisotopic (exact) mass is 302 g/mol.